The van der Waals surface area contributed by atoms with Crippen LogP contribution < -0.4 is 20.7 Å². The molecule has 1 aromatic rings. The summed E-state index contributed by atoms with van der Waals surface area (Å²) in [6.45, 7) is 4.06. The molecule has 35 heavy (non-hydrogen) atoms. The molecule has 2 aliphatic rings. The van der Waals surface area contributed by atoms with Gasteiger partial charge in [0, 0.05) is 25.1 Å². The van der Waals surface area contributed by atoms with Crippen molar-refractivity contribution < 1.29 is 29.0 Å². The number of carboxylic acids is 1. The van der Waals surface area contributed by atoms with Crippen molar-refractivity contribution in [3.63, 3.8) is 0 Å². The second-order valence-electron chi connectivity index (χ2n) is 9.51. The molecule has 192 valence electrons. The van der Waals surface area contributed by atoms with Crippen LogP contribution in [0.3, 0.4) is 0 Å². The molecular formula is C25H36N4O6. The average Bonchev–Trinajstić information content (AvgIpc) is 2.87. The number of nitrogens with zero attached hydrogens (tertiary/aromatic N) is 1. The highest BCUT2D eigenvalue weighted by Crippen LogP contribution is 2.22. The summed E-state index contributed by atoms with van der Waals surface area (Å²) in [4.78, 5) is 52.1. The molecule has 3 rings (SSSR count). The van der Waals surface area contributed by atoms with Crippen molar-refractivity contribution >= 4 is 23.7 Å². The van der Waals surface area contributed by atoms with Crippen LogP contribution >= 0.6 is 0 Å². The van der Waals surface area contributed by atoms with Gasteiger partial charge in [0.1, 0.15) is 5.75 Å². The van der Waals surface area contributed by atoms with E-state index in [2.05, 4.69) is 16.0 Å². The summed E-state index contributed by atoms with van der Waals surface area (Å²) in [5.41, 5.74) is -1.77. The Morgan fingerprint density at radius 3 is 2.43 bits per heavy atom. The van der Waals surface area contributed by atoms with Crippen molar-refractivity contribution in [2.75, 3.05) is 33.3 Å². The SMILES string of the molecule is COc1ccc(C(=O)N[C@@](C)(NC(=O)C2CCCN(C(=O)CCC3CCNCC3)C2)C(=O)O)cc1. The molecule has 0 bridgehead atoms. The smallest absolute Gasteiger partial charge is 0.350 e. The summed E-state index contributed by atoms with van der Waals surface area (Å²) in [5, 5.41) is 18.0. The number of methoxy groups -OCH3 is 1. The predicted molar refractivity (Wildman–Crippen MR) is 129 cm³/mol. The van der Waals surface area contributed by atoms with E-state index in [0.29, 0.717) is 37.5 Å². The number of carbonyl (C=O) groups is 4. The number of carbonyl (C=O) groups excluding carboxylic acids is 3. The van der Waals surface area contributed by atoms with Gasteiger partial charge in [0.05, 0.1) is 13.0 Å². The largest absolute Gasteiger partial charge is 0.497 e. The highest BCUT2D eigenvalue weighted by atomic mass is 16.5. The molecule has 4 N–H and O–H groups in total. The Bertz CT molecular complexity index is 915. The van der Waals surface area contributed by atoms with Crippen LogP contribution in [0.25, 0.3) is 0 Å². The highest BCUT2D eigenvalue weighted by molar-refractivity contribution is 5.99. The molecule has 2 aliphatic heterocycles. The molecule has 0 aromatic heterocycles. The van der Waals surface area contributed by atoms with Crippen LogP contribution in [0.4, 0.5) is 0 Å². The standard InChI is InChI=1S/C25H36N4O6/c1-25(24(33)34,27-22(31)18-6-8-20(35-2)9-7-18)28-23(32)19-4-3-15-29(16-19)21(30)10-5-17-11-13-26-14-12-17/h6-9,17,19,26H,3-5,10-16H2,1-2H3,(H,27,31)(H,28,32)(H,33,34)/t19?,25-/m0/s1. The monoisotopic (exact) mass is 488 g/mol. The molecule has 0 aliphatic carbocycles. The van der Waals surface area contributed by atoms with Gasteiger partial charge in [0.25, 0.3) is 5.91 Å². The summed E-state index contributed by atoms with van der Waals surface area (Å²) in [7, 11) is 1.50. The van der Waals surface area contributed by atoms with E-state index in [4.69, 9.17) is 4.74 Å². The maximum atomic E-state index is 13.0. The normalized spacial score (nSPS) is 20.4. The summed E-state index contributed by atoms with van der Waals surface area (Å²) < 4.78 is 5.07. The van der Waals surface area contributed by atoms with Crippen LogP contribution in [-0.2, 0) is 14.4 Å². The van der Waals surface area contributed by atoms with Gasteiger partial charge in [-0.3, -0.25) is 14.4 Å². The van der Waals surface area contributed by atoms with Crippen LogP contribution in [0.5, 0.6) is 5.75 Å². The molecule has 1 unspecified atom stereocenters. The Kier molecular flexibility index (Phi) is 9.08. The van der Waals surface area contributed by atoms with E-state index >= 15 is 0 Å². The molecule has 2 heterocycles. The Hall–Kier alpha value is -3.14. The zero-order valence-electron chi connectivity index (χ0n) is 20.5. The molecule has 0 radical (unpaired) electrons. The third-order valence-electron chi connectivity index (χ3n) is 6.89. The Morgan fingerprint density at radius 2 is 1.80 bits per heavy atom. The molecular weight excluding hydrogens is 452 g/mol. The van der Waals surface area contributed by atoms with E-state index in [1.165, 1.54) is 26.2 Å². The highest BCUT2D eigenvalue weighted by Gasteiger charge is 2.39. The van der Waals surface area contributed by atoms with Crippen molar-refractivity contribution in [3.8, 4) is 5.75 Å². The number of benzene rings is 1. The van der Waals surface area contributed by atoms with Gasteiger partial charge in [0.15, 0.2) is 0 Å². The van der Waals surface area contributed by atoms with Crippen LogP contribution in [0.1, 0.15) is 55.8 Å². The lowest BCUT2D eigenvalue weighted by atomic mass is 9.92. The topological polar surface area (TPSA) is 137 Å². The van der Waals surface area contributed by atoms with Crippen LogP contribution in [0.15, 0.2) is 24.3 Å². The van der Waals surface area contributed by atoms with Gasteiger partial charge in [-0.25, -0.2) is 4.79 Å². The van der Waals surface area contributed by atoms with Crippen molar-refractivity contribution in [3.05, 3.63) is 29.8 Å². The summed E-state index contributed by atoms with van der Waals surface area (Å²) >= 11 is 0. The lowest BCUT2D eigenvalue weighted by Crippen LogP contribution is -2.65. The molecule has 2 fully saturated rings. The number of piperidine rings is 2. The minimum atomic E-state index is -2.00. The van der Waals surface area contributed by atoms with Gasteiger partial charge in [-0.1, -0.05) is 0 Å². The van der Waals surface area contributed by atoms with Gasteiger partial charge in [-0.2, -0.15) is 0 Å². The number of nitrogens with one attached hydrogen (secondary N) is 3. The van der Waals surface area contributed by atoms with Gasteiger partial charge in [-0.15, -0.1) is 0 Å². The number of hydrogen-bond acceptors (Lipinski definition) is 6. The van der Waals surface area contributed by atoms with Crippen molar-refractivity contribution in [1.29, 1.82) is 0 Å². The van der Waals surface area contributed by atoms with E-state index < -0.39 is 29.4 Å². The summed E-state index contributed by atoms with van der Waals surface area (Å²) in [5.74, 6) is -1.92. The number of hydrogen-bond donors (Lipinski definition) is 4. The number of amides is 3. The molecule has 2 saturated heterocycles. The first-order valence-corrected chi connectivity index (χ1v) is 12.2. The first kappa shape index (κ1) is 26.5. The minimum Gasteiger partial charge on any atom is -0.497 e. The first-order valence-electron chi connectivity index (χ1n) is 12.2. The minimum absolute atomic E-state index is 0.0369. The number of likely N-dealkylation sites (tertiary alicyclic amines) is 1. The Morgan fingerprint density at radius 1 is 1.11 bits per heavy atom. The van der Waals surface area contributed by atoms with Crippen molar-refractivity contribution in [2.24, 2.45) is 11.8 Å². The van der Waals surface area contributed by atoms with Crippen LogP contribution in [0.2, 0.25) is 0 Å². The predicted octanol–water partition coefficient (Wildman–Crippen LogP) is 1.36. The molecule has 10 heteroatoms. The fourth-order valence-electron chi connectivity index (χ4n) is 4.60. The third kappa shape index (κ3) is 7.17. The van der Waals surface area contributed by atoms with Gasteiger partial charge in [-0.05, 0) is 82.3 Å². The zero-order valence-corrected chi connectivity index (χ0v) is 20.5. The van der Waals surface area contributed by atoms with Gasteiger partial charge < -0.3 is 30.7 Å². The van der Waals surface area contributed by atoms with Crippen LogP contribution in [0, 0.1) is 11.8 Å². The van der Waals surface area contributed by atoms with Crippen LogP contribution in [-0.4, -0.2) is 72.6 Å². The zero-order chi connectivity index (χ0) is 25.4. The van der Waals surface area contributed by atoms with E-state index in [0.717, 1.165) is 32.4 Å². The fourth-order valence-corrected chi connectivity index (χ4v) is 4.60. The maximum absolute atomic E-state index is 13.0. The Balaban J connectivity index is 1.57. The molecule has 2 atom stereocenters. The van der Waals surface area contributed by atoms with E-state index in [1.54, 1.807) is 17.0 Å². The lowest BCUT2D eigenvalue weighted by Gasteiger charge is -2.35. The summed E-state index contributed by atoms with van der Waals surface area (Å²) in [6, 6.07) is 6.19. The molecule has 0 spiro atoms. The quantitative estimate of drug-likeness (QED) is 0.385. The average molecular weight is 489 g/mol. The fraction of sp³-hybridized carbons (Fsp3) is 0.600. The van der Waals surface area contributed by atoms with E-state index in [9.17, 15) is 24.3 Å². The van der Waals surface area contributed by atoms with Gasteiger partial charge in [0.2, 0.25) is 17.5 Å². The first-order chi connectivity index (χ1) is 16.7. The number of rotatable bonds is 9. The van der Waals surface area contributed by atoms with Crippen molar-refractivity contribution in [1.82, 2.24) is 20.9 Å². The van der Waals surface area contributed by atoms with E-state index in [-0.39, 0.29) is 18.0 Å². The van der Waals surface area contributed by atoms with E-state index in [1.807, 2.05) is 0 Å². The number of carboxylic acid groups (broad SMARTS) is 1. The molecule has 3 amide bonds. The molecule has 10 nitrogen and oxygen atoms in total. The second-order valence-corrected chi connectivity index (χ2v) is 9.51. The Labute approximate surface area is 205 Å². The lowest BCUT2D eigenvalue weighted by molar-refractivity contribution is -0.149. The maximum Gasteiger partial charge on any atom is 0.350 e. The third-order valence-corrected chi connectivity index (χ3v) is 6.89. The van der Waals surface area contributed by atoms with Crippen molar-refractivity contribution in [2.45, 2.75) is 51.1 Å². The number of aliphatic carboxylic acids is 1. The second kappa shape index (κ2) is 12.0. The summed E-state index contributed by atoms with van der Waals surface area (Å²) in [6.07, 6.45) is 4.68. The number of ether oxygens (including phenoxy) is 1. The van der Waals surface area contributed by atoms with Gasteiger partial charge >= 0.3 is 5.97 Å². The molecule has 1 aromatic carbocycles. The molecule has 0 saturated carbocycles.